The van der Waals surface area contributed by atoms with Crippen molar-refractivity contribution in [2.75, 3.05) is 50.0 Å². The van der Waals surface area contributed by atoms with Crippen LogP contribution in [-0.2, 0) is 16.0 Å². The molecule has 0 aliphatic carbocycles. The van der Waals surface area contributed by atoms with Crippen LogP contribution >= 0.6 is 23.4 Å². The maximum atomic E-state index is 13.3. The monoisotopic (exact) mass is 492 g/mol. The number of hydrogen-bond donors (Lipinski definition) is 0. The van der Waals surface area contributed by atoms with Gasteiger partial charge in [-0.1, -0.05) is 11.6 Å². The highest BCUT2D eigenvalue weighted by molar-refractivity contribution is 7.99. The van der Waals surface area contributed by atoms with Crippen molar-refractivity contribution in [3.8, 4) is 0 Å². The highest BCUT2D eigenvalue weighted by Gasteiger charge is 2.42. The Morgan fingerprint density at radius 3 is 2.55 bits per heavy atom. The molecular formula is C23H29ClN4O4S. The third-order valence-electron chi connectivity index (χ3n) is 6.38. The molecule has 0 N–H and O–H groups in total. The van der Waals surface area contributed by atoms with Gasteiger partial charge in [-0.2, -0.15) is 4.98 Å². The zero-order chi connectivity index (χ0) is 23.5. The van der Waals surface area contributed by atoms with Gasteiger partial charge in [-0.3, -0.25) is 4.57 Å². The summed E-state index contributed by atoms with van der Waals surface area (Å²) in [5, 5.41) is 1.63. The van der Waals surface area contributed by atoms with Gasteiger partial charge in [-0.15, -0.1) is 11.8 Å². The van der Waals surface area contributed by atoms with Gasteiger partial charge in [0.2, 0.25) is 0 Å². The molecule has 0 saturated carbocycles. The van der Waals surface area contributed by atoms with Gasteiger partial charge in [0.1, 0.15) is 11.4 Å². The van der Waals surface area contributed by atoms with E-state index in [2.05, 4.69) is 9.88 Å². The third kappa shape index (κ3) is 4.08. The number of thioether (sulfide) groups is 1. The van der Waals surface area contributed by atoms with Crippen molar-refractivity contribution >= 4 is 46.2 Å². The minimum absolute atomic E-state index is 0.0556. The lowest BCUT2D eigenvalue weighted by Gasteiger charge is -2.40. The summed E-state index contributed by atoms with van der Waals surface area (Å²) >= 11 is 8.45. The average molecular weight is 493 g/mol. The van der Waals surface area contributed by atoms with E-state index in [1.54, 1.807) is 21.2 Å². The second-order valence-corrected chi connectivity index (χ2v) is 11.6. The molecule has 0 atom stereocenters. The molecule has 3 aliphatic heterocycles. The van der Waals surface area contributed by atoms with E-state index in [-0.39, 0.29) is 17.2 Å². The number of hydrogen-bond acceptors (Lipinski definition) is 7. The summed E-state index contributed by atoms with van der Waals surface area (Å²) in [4.78, 5) is 35.0. The lowest BCUT2D eigenvalue weighted by atomic mass is 9.88. The molecule has 10 heteroatoms. The number of ether oxygens (including phenoxy) is 2. The maximum Gasteiger partial charge on any atom is 0.410 e. The highest BCUT2D eigenvalue weighted by Crippen LogP contribution is 2.46. The first-order valence-electron chi connectivity index (χ1n) is 11.2. The van der Waals surface area contributed by atoms with Crippen LogP contribution in [0, 0.1) is 12.3 Å². The van der Waals surface area contributed by atoms with E-state index < -0.39 is 5.60 Å². The summed E-state index contributed by atoms with van der Waals surface area (Å²) in [6.45, 7) is 11.6. The van der Waals surface area contributed by atoms with Gasteiger partial charge in [-0.25, -0.2) is 9.59 Å². The van der Waals surface area contributed by atoms with Crippen LogP contribution < -0.4 is 10.6 Å². The molecule has 0 radical (unpaired) electrons. The van der Waals surface area contributed by atoms with Crippen molar-refractivity contribution in [1.29, 1.82) is 0 Å². The van der Waals surface area contributed by atoms with Crippen LogP contribution in [-0.4, -0.2) is 71.3 Å². The Kier molecular flexibility index (Phi) is 5.57. The number of rotatable bonds is 1. The lowest BCUT2D eigenvalue weighted by Crippen LogP contribution is -2.51. The van der Waals surface area contributed by atoms with Gasteiger partial charge in [0.25, 0.3) is 0 Å². The molecule has 1 aromatic carbocycles. The van der Waals surface area contributed by atoms with Crippen LogP contribution in [0.25, 0.3) is 10.9 Å². The molecule has 2 saturated heterocycles. The number of halogens is 1. The topological polar surface area (TPSA) is 76.9 Å². The van der Waals surface area contributed by atoms with Gasteiger partial charge in [0.15, 0.2) is 0 Å². The van der Waals surface area contributed by atoms with E-state index in [0.29, 0.717) is 56.8 Å². The van der Waals surface area contributed by atoms with Crippen molar-refractivity contribution in [2.45, 2.75) is 44.7 Å². The SMILES string of the molecule is Cc1cc2c(N3CCN(C(=O)OC(C)(C)C)CC3)nc(=O)n3c2c(c1Cl)SCC1(COC1)C3. The van der Waals surface area contributed by atoms with Crippen LogP contribution in [0.1, 0.15) is 26.3 Å². The largest absolute Gasteiger partial charge is 0.444 e. The van der Waals surface area contributed by atoms with Crippen LogP contribution in [0.5, 0.6) is 0 Å². The molecule has 33 heavy (non-hydrogen) atoms. The molecule has 8 nitrogen and oxygen atoms in total. The van der Waals surface area contributed by atoms with E-state index in [9.17, 15) is 9.59 Å². The predicted octanol–water partition coefficient (Wildman–Crippen LogP) is 3.54. The first kappa shape index (κ1) is 22.8. The number of aryl methyl sites for hydroxylation is 1. The molecule has 0 bridgehead atoms. The summed E-state index contributed by atoms with van der Waals surface area (Å²) in [6.07, 6.45) is -0.310. The molecule has 2 aromatic rings. The summed E-state index contributed by atoms with van der Waals surface area (Å²) < 4.78 is 12.8. The molecular weight excluding hydrogens is 464 g/mol. The quantitative estimate of drug-likeness (QED) is 0.602. The number of anilines is 1. The van der Waals surface area contributed by atoms with Crippen LogP contribution in [0.2, 0.25) is 5.02 Å². The van der Waals surface area contributed by atoms with E-state index in [1.165, 1.54) is 0 Å². The third-order valence-corrected chi connectivity index (χ3v) is 8.43. The number of carbonyl (C=O) groups is 1. The molecule has 1 spiro atoms. The number of carbonyl (C=O) groups excluding carboxylic acids is 1. The molecule has 5 rings (SSSR count). The first-order chi connectivity index (χ1) is 15.6. The minimum Gasteiger partial charge on any atom is -0.444 e. The fraction of sp³-hybridized carbons (Fsp3) is 0.609. The smallest absolute Gasteiger partial charge is 0.410 e. The number of amides is 1. The fourth-order valence-corrected chi connectivity index (χ4v) is 6.28. The van der Waals surface area contributed by atoms with Gasteiger partial charge in [0.05, 0.1) is 28.6 Å². The average Bonchev–Trinajstić information content (AvgIpc) is 2.92. The van der Waals surface area contributed by atoms with Crippen molar-refractivity contribution in [1.82, 2.24) is 14.5 Å². The van der Waals surface area contributed by atoms with E-state index in [4.69, 9.17) is 21.1 Å². The Morgan fingerprint density at radius 1 is 1.24 bits per heavy atom. The Bertz CT molecular complexity index is 1180. The summed E-state index contributed by atoms with van der Waals surface area (Å²) in [5.74, 6) is 1.52. The second kappa shape index (κ2) is 8.06. The zero-order valence-electron chi connectivity index (χ0n) is 19.4. The van der Waals surface area contributed by atoms with Crippen molar-refractivity contribution in [3.05, 3.63) is 27.1 Å². The minimum atomic E-state index is -0.531. The summed E-state index contributed by atoms with van der Waals surface area (Å²) in [6, 6.07) is 2.04. The first-order valence-corrected chi connectivity index (χ1v) is 12.6. The van der Waals surface area contributed by atoms with Gasteiger partial charge in [-0.05, 0) is 39.3 Å². The molecule has 178 valence electrons. The Balaban J connectivity index is 1.51. The summed E-state index contributed by atoms with van der Waals surface area (Å²) in [7, 11) is 0. The molecule has 1 aromatic heterocycles. The number of nitrogens with zero attached hydrogens (tertiary/aromatic N) is 4. The zero-order valence-corrected chi connectivity index (χ0v) is 21.0. The Labute approximate surface area is 202 Å². The van der Waals surface area contributed by atoms with E-state index in [1.807, 2.05) is 33.8 Å². The van der Waals surface area contributed by atoms with Crippen LogP contribution in [0.3, 0.4) is 0 Å². The molecule has 1 amide bonds. The lowest BCUT2D eigenvalue weighted by molar-refractivity contribution is -0.106. The van der Waals surface area contributed by atoms with Crippen LogP contribution in [0.4, 0.5) is 10.6 Å². The maximum absolute atomic E-state index is 13.3. The van der Waals surface area contributed by atoms with Gasteiger partial charge >= 0.3 is 11.8 Å². The number of aromatic nitrogens is 2. The van der Waals surface area contributed by atoms with E-state index in [0.717, 1.165) is 27.1 Å². The number of piperazine rings is 1. The number of benzene rings is 1. The van der Waals surface area contributed by atoms with E-state index >= 15 is 0 Å². The molecule has 0 unspecified atom stereocenters. The fourth-order valence-electron chi connectivity index (χ4n) is 4.62. The Morgan fingerprint density at radius 2 is 1.94 bits per heavy atom. The van der Waals surface area contributed by atoms with Gasteiger partial charge < -0.3 is 19.3 Å². The summed E-state index contributed by atoms with van der Waals surface area (Å²) in [5.41, 5.74) is 0.982. The normalized spacial score (nSPS) is 20.0. The van der Waals surface area contributed by atoms with Crippen molar-refractivity contribution < 1.29 is 14.3 Å². The standard InChI is InChI=1S/C23H29ClN4O4S/c1-14-9-15-17-18(16(14)24)33-13-23(11-31-12-23)10-28(17)20(29)25-19(15)26-5-7-27(8-6-26)21(30)32-22(2,3)4/h9H,5-8,10-13H2,1-4H3. The molecule has 3 aliphatic rings. The molecule has 2 fully saturated rings. The molecule has 4 heterocycles. The van der Waals surface area contributed by atoms with Gasteiger partial charge in [0, 0.05) is 49.3 Å². The second-order valence-electron chi connectivity index (χ2n) is 10.3. The Hall–Kier alpha value is -1.97. The van der Waals surface area contributed by atoms with Crippen molar-refractivity contribution in [2.24, 2.45) is 5.41 Å². The van der Waals surface area contributed by atoms with Crippen LogP contribution in [0.15, 0.2) is 15.8 Å². The predicted molar refractivity (Wildman–Crippen MR) is 130 cm³/mol. The van der Waals surface area contributed by atoms with Crippen molar-refractivity contribution in [3.63, 3.8) is 0 Å². The highest BCUT2D eigenvalue weighted by atomic mass is 35.5.